The Bertz CT molecular complexity index is 1320. The Hall–Kier alpha value is -3.88. The van der Waals surface area contributed by atoms with Gasteiger partial charge in [0, 0.05) is 61.4 Å². The molecule has 0 spiro atoms. The minimum absolute atomic E-state index is 0.261. The molecule has 0 saturated carbocycles. The van der Waals surface area contributed by atoms with Crippen molar-refractivity contribution in [3.63, 3.8) is 0 Å². The molecule has 2 N–H and O–H groups in total. The largest absolute Gasteiger partial charge is 0.495 e. The quantitative estimate of drug-likeness (QED) is 0.380. The first-order valence-corrected chi connectivity index (χ1v) is 12.1. The molecule has 1 fully saturated rings. The Labute approximate surface area is 214 Å². The number of para-hydroxylation sites is 2. The van der Waals surface area contributed by atoms with Crippen LogP contribution in [-0.4, -0.2) is 59.0 Å². The fraction of sp³-hybridized carbons (Fsp3) is 0.222. The lowest BCUT2D eigenvalue weighted by molar-refractivity contribution is 0.102. The van der Waals surface area contributed by atoms with Crippen molar-refractivity contribution in [1.29, 1.82) is 0 Å². The first-order valence-electron chi connectivity index (χ1n) is 11.8. The average molecular weight is 503 g/mol. The Kier molecular flexibility index (Phi) is 7.16. The van der Waals surface area contributed by atoms with E-state index in [4.69, 9.17) is 16.3 Å². The van der Waals surface area contributed by atoms with Gasteiger partial charge in [-0.2, -0.15) is 0 Å². The summed E-state index contributed by atoms with van der Waals surface area (Å²) in [5.74, 6) is 1.23. The van der Waals surface area contributed by atoms with Crippen LogP contribution in [-0.2, 0) is 6.54 Å². The molecule has 1 aliphatic heterocycles. The zero-order valence-electron chi connectivity index (χ0n) is 19.9. The van der Waals surface area contributed by atoms with E-state index in [1.165, 1.54) is 12.4 Å². The number of hydrogen-bond acceptors (Lipinski definition) is 6. The lowest BCUT2D eigenvalue weighted by atomic mass is 10.1. The molecule has 0 atom stereocenters. The molecule has 3 heterocycles. The molecule has 0 radical (unpaired) electrons. The monoisotopic (exact) mass is 502 g/mol. The zero-order chi connectivity index (χ0) is 24.9. The Morgan fingerprint density at radius 2 is 1.86 bits per heavy atom. The van der Waals surface area contributed by atoms with Gasteiger partial charge in [0.1, 0.15) is 17.3 Å². The van der Waals surface area contributed by atoms with Crippen LogP contribution in [0.4, 0.5) is 11.5 Å². The molecule has 9 heteroatoms. The Morgan fingerprint density at radius 1 is 1.08 bits per heavy atom. The van der Waals surface area contributed by atoms with Crippen molar-refractivity contribution in [1.82, 2.24) is 19.9 Å². The van der Waals surface area contributed by atoms with Crippen LogP contribution in [0.3, 0.4) is 0 Å². The zero-order valence-corrected chi connectivity index (χ0v) is 20.7. The number of ether oxygens (including phenoxy) is 1. The number of methoxy groups -OCH3 is 1. The fourth-order valence-corrected chi connectivity index (χ4v) is 4.52. The Morgan fingerprint density at radius 3 is 2.58 bits per heavy atom. The SMILES string of the molecule is COc1ccccc1N1CCN(Cc2cc(-c3ccc(Cl)cc3)[nH]c2NC(=O)c2cnccn2)CC1. The molecule has 5 rings (SSSR count). The van der Waals surface area contributed by atoms with Gasteiger partial charge in [-0.15, -0.1) is 0 Å². The van der Waals surface area contributed by atoms with Crippen LogP contribution < -0.4 is 15.0 Å². The van der Waals surface area contributed by atoms with Gasteiger partial charge in [-0.05, 0) is 35.9 Å². The van der Waals surface area contributed by atoms with Crippen LogP contribution in [0.25, 0.3) is 11.3 Å². The van der Waals surface area contributed by atoms with E-state index in [-0.39, 0.29) is 11.6 Å². The van der Waals surface area contributed by atoms with E-state index in [1.807, 2.05) is 42.5 Å². The van der Waals surface area contributed by atoms with Gasteiger partial charge in [-0.3, -0.25) is 14.7 Å². The number of nitrogens with zero attached hydrogens (tertiary/aromatic N) is 4. The van der Waals surface area contributed by atoms with Gasteiger partial charge in [0.2, 0.25) is 0 Å². The van der Waals surface area contributed by atoms with E-state index in [9.17, 15) is 4.79 Å². The number of piperazine rings is 1. The van der Waals surface area contributed by atoms with Gasteiger partial charge in [0.05, 0.1) is 19.0 Å². The van der Waals surface area contributed by atoms with Crippen LogP contribution in [0.15, 0.2) is 73.2 Å². The lowest BCUT2D eigenvalue weighted by Crippen LogP contribution is -2.46. The smallest absolute Gasteiger partial charge is 0.276 e. The highest BCUT2D eigenvalue weighted by Gasteiger charge is 2.22. The van der Waals surface area contributed by atoms with Gasteiger partial charge in [0.15, 0.2) is 0 Å². The van der Waals surface area contributed by atoms with Gasteiger partial charge in [-0.1, -0.05) is 35.9 Å². The molecule has 4 aromatic rings. The summed E-state index contributed by atoms with van der Waals surface area (Å²) in [6.07, 6.45) is 4.50. The topological polar surface area (TPSA) is 86.4 Å². The second-order valence-corrected chi connectivity index (χ2v) is 9.01. The van der Waals surface area contributed by atoms with E-state index in [1.54, 1.807) is 13.3 Å². The summed E-state index contributed by atoms with van der Waals surface area (Å²) in [7, 11) is 1.70. The minimum Gasteiger partial charge on any atom is -0.495 e. The predicted molar refractivity (Wildman–Crippen MR) is 142 cm³/mol. The van der Waals surface area contributed by atoms with Crippen LogP contribution in [0.2, 0.25) is 5.02 Å². The maximum absolute atomic E-state index is 12.8. The van der Waals surface area contributed by atoms with Crippen molar-refractivity contribution in [2.24, 2.45) is 0 Å². The van der Waals surface area contributed by atoms with Crippen molar-refractivity contribution in [3.8, 4) is 17.0 Å². The summed E-state index contributed by atoms with van der Waals surface area (Å²) in [6, 6.07) is 17.8. The van der Waals surface area contributed by atoms with E-state index in [2.05, 4.69) is 42.2 Å². The van der Waals surface area contributed by atoms with Crippen molar-refractivity contribution in [2.45, 2.75) is 6.54 Å². The first kappa shape index (κ1) is 23.8. The second-order valence-electron chi connectivity index (χ2n) is 8.57. The molecule has 1 saturated heterocycles. The molecule has 184 valence electrons. The molecule has 8 nitrogen and oxygen atoms in total. The van der Waals surface area contributed by atoms with Gasteiger partial charge in [0.25, 0.3) is 5.91 Å². The number of rotatable bonds is 7. The summed E-state index contributed by atoms with van der Waals surface area (Å²) in [4.78, 5) is 29.1. The molecule has 36 heavy (non-hydrogen) atoms. The van der Waals surface area contributed by atoms with E-state index >= 15 is 0 Å². The number of carbonyl (C=O) groups excluding carboxylic acids is 1. The highest BCUT2D eigenvalue weighted by atomic mass is 35.5. The maximum atomic E-state index is 12.8. The molecule has 1 aliphatic rings. The van der Waals surface area contributed by atoms with Crippen LogP contribution in [0, 0.1) is 0 Å². The van der Waals surface area contributed by atoms with Crippen molar-refractivity contribution < 1.29 is 9.53 Å². The summed E-state index contributed by atoms with van der Waals surface area (Å²) >= 11 is 6.08. The van der Waals surface area contributed by atoms with Gasteiger partial charge in [-0.25, -0.2) is 4.98 Å². The normalized spacial score (nSPS) is 14.0. The number of halogens is 1. The molecule has 0 aliphatic carbocycles. The number of aromatic amines is 1. The minimum atomic E-state index is -0.310. The average Bonchev–Trinajstić information content (AvgIpc) is 3.31. The highest BCUT2D eigenvalue weighted by Crippen LogP contribution is 2.30. The fourth-order valence-electron chi connectivity index (χ4n) is 4.39. The third kappa shape index (κ3) is 5.35. The number of benzene rings is 2. The molecule has 0 unspecified atom stereocenters. The third-order valence-electron chi connectivity index (χ3n) is 6.28. The third-order valence-corrected chi connectivity index (χ3v) is 6.53. The summed E-state index contributed by atoms with van der Waals surface area (Å²) in [5, 5.41) is 3.67. The molecular weight excluding hydrogens is 476 g/mol. The predicted octanol–water partition coefficient (Wildman–Crippen LogP) is 4.71. The first-order chi connectivity index (χ1) is 17.6. The number of carbonyl (C=O) groups is 1. The van der Waals surface area contributed by atoms with Crippen molar-refractivity contribution in [3.05, 3.63) is 89.5 Å². The van der Waals surface area contributed by atoms with Crippen LogP contribution >= 0.6 is 11.6 Å². The van der Waals surface area contributed by atoms with Crippen LogP contribution in [0.5, 0.6) is 5.75 Å². The number of amides is 1. The summed E-state index contributed by atoms with van der Waals surface area (Å²) in [5.41, 5.74) is 4.27. The van der Waals surface area contributed by atoms with E-state index in [0.717, 1.165) is 54.4 Å². The maximum Gasteiger partial charge on any atom is 0.276 e. The number of hydrogen-bond donors (Lipinski definition) is 2. The molecule has 2 aromatic heterocycles. The summed E-state index contributed by atoms with van der Waals surface area (Å²) in [6.45, 7) is 4.24. The second kappa shape index (κ2) is 10.8. The van der Waals surface area contributed by atoms with E-state index < -0.39 is 0 Å². The lowest BCUT2D eigenvalue weighted by Gasteiger charge is -2.36. The van der Waals surface area contributed by atoms with Gasteiger partial charge >= 0.3 is 0 Å². The number of H-pyrrole nitrogens is 1. The highest BCUT2D eigenvalue weighted by molar-refractivity contribution is 6.30. The van der Waals surface area contributed by atoms with Gasteiger partial charge < -0.3 is 19.9 Å². The molecular formula is C27H27ClN6O2. The molecule has 2 aromatic carbocycles. The number of anilines is 2. The van der Waals surface area contributed by atoms with E-state index in [0.29, 0.717) is 17.4 Å². The number of aromatic nitrogens is 3. The van der Waals surface area contributed by atoms with Crippen LogP contribution in [0.1, 0.15) is 16.1 Å². The Balaban J connectivity index is 1.34. The molecule has 0 bridgehead atoms. The number of nitrogens with one attached hydrogen (secondary N) is 2. The van der Waals surface area contributed by atoms with Crippen molar-refractivity contribution >= 4 is 29.0 Å². The standard InChI is InChI=1S/C27H27ClN6O2/c1-36-25-5-3-2-4-24(25)34-14-12-33(13-15-34)18-20-16-22(19-6-8-21(28)9-7-19)31-26(20)32-27(35)23-17-29-10-11-30-23/h2-11,16-17,31H,12-15,18H2,1H3,(H,32,35). The summed E-state index contributed by atoms with van der Waals surface area (Å²) < 4.78 is 5.54. The molecule has 1 amide bonds. The van der Waals surface area contributed by atoms with Crippen molar-refractivity contribution in [2.75, 3.05) is 43.5 Å².